The lowest BCUT2D eigenvalue weighted by Gasteiger charge is -2.07. The zero-order valence-corrected chi connectivity index (χ0v) is 9.42. The first-order valence-electron chi connectivity index (χ1n) is 4.67. The van der Waals surface area contributed by atoms with Gasteiger partial charge in [0.15, 0.2) is 5.02 Å². The zero-order valence-electron chi connectivity index (χ0n) is 8.67. The number of ether oxygens (including phenoxy) is 1. The van der Waals surface area contributed by atoms with Gasteiger partial charge in [0.1, 0.15) is 0 Å². The number of nitrogens with zero attached hydrogens (tertiary/aromatic N) is 3. The fourth-order valence-corrected chi connectivity index (χ4v) is 1.35. The smallest absolute Gasteiger partial charge is 0.389 e. The summed E-state index contributed by atoms with van der Waals surface area (Å²) in [5.41, 5.74) is 0. The standard InChI is InChI=1S/C8H12ClN3O4/c1-2-16-5-6(13)3-11-4-7(9)8(10-11)12(14)15/h4,6,13H,2-3,5H2,1H3. The lowest BCUT2D eigenvalue weighted by molar-refractivity contribution is -0.389. The minimum absolute atomic E-state index is 0.0476. The molecule has 0 aliphatic rings. The largest absolute Gasteiger partial charge is 0.408 e. The van der Waals surface area contributed by atoms with E-state index in [0.717, 1.165) is 0 Å². The monoisotopic (exact) mass is 249 g/mol. The van der Waals surface area contributed by atoms with Gasteiger partial charge in [-0.2, -0.15) is 4.68 Å². The topological polar surface area (TPSA) is 90.4 Å². The SMILES string of the molecule is CCOCC(O)Cn1cc(Cl)c([N+](=O)[O-])n1. The van der Waals surface area contributed by atoms with Crippen molar-refractivity contribution in [1.82, 2.24) is 9.78 Å². The lowest BCUT2D eigenvalue weighted by Crippen LogP contribution is -2.22. The molecule has 8 heteroatoms. The van der Waals surface area contributed by atoms with Crippen LogP contribution >= 0.6 is 11.6 Å². The Morgan fingerprint density at radius 1 is 1.81 bits per heavy atom. The molecule has 90 valence electrons. The fourth-order valence-electron chi connectivity index (χ4n) is 1.13. The van der Waals surface area contributed by atoms with E-state index < -0.39 is 16.8 Å². The second kappa shape index (κ2) is 5.78. The number of aliphatic hydroxyl groups is 1. The summed E-state index contributed by atoms with van der Waals surface area (Å²) in [5, 5.41) is 23.5. The summed E-state index contributed by atoms with van der Waals surface area (Å²) in [6.07, 6.45) is 0.532. The van der Waals surface area contributed by atoms with Crippen LogP contribution in [0.15, 0.2) is 6.20 Å². The minimum atomic E-state index is -0.768. The van der Waals surface area contributed by atoms with Crippen LogP contribution in [0.1, 0.15) is 6.92 Å². The third kappa shape index (κ3) is 3.44. The molecule has 0 spiro atoms. The summed E-state index contributed by atoms with van der Waals surface area (Å²) < 4.78 is 6.22. The number of hydrogen-bond acceptors (Lipinski definition) is 5. The highest BCUT2D eigenvalue weighted by molar-refractivity contribution is 6.32. The van der Waals surface area contributed by atoms with Gasteiger partial charge in [0, 0.05) is 6.61 Å². The molecule has 1 atom stereocenters. The molecule has 0 saturated heterocycles. The van der Waals surface area contributed by atoms with E-state index in [2.05, 4.69) is 5.10 Å². The van der Waals surface area contributed by atoms with Crippen molar-refractivity contribution in [2.75, 3.05) is 13.2 Å². The molecule has 0 fully saturated rings. The minimum Gasteiger partial charge on any atom is -0.389 e. The van der Waals surface area contributed by atoms with Gasteiger partial charge >= 0.3 is 5.82 Å². The van der Waals surface area contributed by atoms with Crippen molar-refractivity contribution < 1.29 is 14.8 Å². The van der Waals surface area contributed by atoms with Gasteiger partial charge in [0.25, 0.3) is 0 Å². The van der Waals surface area contributed by atoms with Crippen molar-refractivity contribution in [3.63, 3.8) is 0 Å². The van der Waals surface area contributed by atoms with Crippen LogP contribution in [0.2, 0.25) is 5.02 Å². The number of aliphatic hydroxyl groups excluding tert-OH is 1. The Morgan fingerprint density at radius 2 is 2.50 bits per heavy atom. The third-order valence-electron chi connectivity index (χ3n) is 1.78. The highest BCUT2D eigenvalue weighted by Crippen LogP contribution is 2.21. The van der Waals surface area contributed by atoms with Gasteiger partial charge < -0.3 is 20.0 Å². The number of halogens is 1. The Morgan fingerprint density at radius 3 is 3.00 bits per heavy atom. The Labute approximate surface area is 96.7 Å². The summed E-state index contributed by atoms with van der Waals surface area (Å²) in [5.74, 6) is -0.412. The Hall–Kier alpha value is -1.18. The van der Waals surface area contributed by atoms with Crippen molar-refractivity contribution in [3.8, 4) is 0 Å². The third-order valence-corrected chi connectivity index (χ3v) is 2.05. The van der Waals surface area contributed by atoms with E-state index in [1.54, 1.807) is 0 Å². The van der Waals surface area contributed by atoms with Crippen molar-refractivity contribution >= 4 is 17.4 Å². The number of rotatable bonds is 6. The van der Waals surface area contributed by atoms with Gasteiger partial charge in [-0.3, -0.25) is 0 Å². The molecular weight excluding hydrogens is 238 g/mol. The average Bonchev–Trinajstić information content (AvgIpc) is 2.56. The highest BCUT2D eigenvalue weighted by Gasteiger charge is 2.20. The summed E-state index contributed by atoms with van der Waals surface area (Å²) in [7, 11) is 0. The molecule has 0 radical (unpaired) electrons. The van der Waals surface area contributed by atoms with E-state index in [1.165, 1.54) is 10.9 Å². The van der Waals surface area contributed by atoms with Gasteiger partial charge in [-0.25, -0.2) is 0 Å². The van der Waals surface area contributed by atoms with Crippen LogP contribution in [0, 0.1) is 10.1 Å². The second-order valence-corrected chi connectivity index (χ2v) is 3.50. The van der Waals surface area contributed by atoms with Crippen LogP contribution in [0.3, 0.4) is 0 Å². The normalized spacial score (nSPS) is 12.7. The number of hydrogen-bond donors (Lipinski definition) is 1. The van der Waals surface area contributed by atoms with Crippen LogP contribution in [-0.2, 0) is 11.3 Å². The summed E-state index contributed by atoms with van der Waals surface area (Å²) in [6, 6.07) is 0. The molecular formula is C8H12ClN3O4. The van der Waals surface area contributed by atoms with Crippen molar-refractivity contribution in [2.45, 2.75) is 19.6 Å². The van der Waals surface area contributed by atoms with E-state index >= 15 is 0 Å². The van der Waals surface area contributed by atoms with E-state index in [-0.39, 0.29) is 18.2 Å². The maximum absolute atomic E-state index is 10.5. The van der Waals surface area contributed by atoms with Crippen LogP contribution in [0.5, 0.6) is 0 Å². The van der Waals surface area contributed by atoms with Crippen LogP contribution in [0.4, 0.5) is 5.82 Å². The molecule has 0 aliphatic heterocycles. The van der Waals surface area contributed by atoms with Gasteiger partial charge in [-0.15, -0.1) is 0 Å². The molecule has 0 bridgehead atoms. The Kier molecular flexibility index (Phi) is 4.66. The molecule has 1 heterocycles. The van der Waals surface area contributed by atoms with E-state index in [4.69, 9.17) is 16.3 Å². The molecule has 16 heavy (non-hydrogen) atoms. The first kappa shape index (κ1) is 12.9. The first-order valence-corrected chi connectivity index (χ1v) is 5.05. The van der Waals surface area contributed by atoms with Gasteiger partial charge in [-0.1, -0.05) is 11.6 Å². The predicted molar refractivity (Wildman–Crippen MR) is 56.4 cm³/mol. The van der Waals surface area contributed by atoms with E-state index in [0.29, 0.717) is 6.61 Å². The fraction of sp³-hybridized carbons (Fsp3) is 0.625. The number of aromatic nitrogens is 2. The van der Waals surface area contributed by atoms with Crippen LogP contribution < -0.4 is 0 Å². The first-order chi connectivity index (χ1) is 7.54. The van der Waals surface area contributed by atoms with Crippen LogP contribution in [0.25, 0.3) is 0 Å². The average molecular weight is 250 g/mol. The summed E-state index contributed by atoms with van der Waals surface area (Å²) >= 11 is 5.59. The molecule has 1 rings (SSSR count). The van der Waals surface area contributed by atoms with Gasteiger partial charge in [0.05, 0.1) is 30.6 Å². The Balaban J connectivity index is 2.60. The molecule has 1 N–H and O–H groups in total. The molecule has 1 aromatic heterocycles. The molecule has 0 aliphatic carbocycles. The highest BCUT2D eigenvalue weighted by atomic mass is 35.5. The maximum Gasteiger partial charge on any atom is 0.408 e. The lowest BCUT2D eigenvalue weighted by atomic mass is 10.4. The summed E-state index contributed by atoms with van der Waals surface area (Å²) in [6.45, 7) is 2.56. The predicted octanol–water partition coefficient (Wildman–Crippen LogP) is 0.842. The van der Waals surface area contributed by atoms with Crippen molar-refractivity contribution in [2.24, 2.45) is 0 Å². The molecule has 1 aromatic rings. The molecule has 0 amide bonds. The zero-order chi connectivity index (χ0) is 12.1. The van der Waals surface area contributed by atoms with Gasteiger partial charge in [-0.05, 0) is 11.8 Å². The van der Waals surface area contributed by atoms with E-state index in [9.17, 15) is 15.2 Å². The quantitative estimate of drug-likeness (QED) is 0.596. The van der Waals surface area contributed by atoms with Crippen molar-refractivity contribution in [1.29, 1.82) is 0 Å². The Bertz CT molecular complexity index is 368. The molecule has 0 aromatic carbocycles. The second-order valence-electron chi connectivity index (χ2n) is 3.09. The number of nitro groups is 1. The summed E-state index contributed by atoms with van der Waals surface area (Å²) in [4.78, 5) is 9.78. The van der Waals surface area contributed by atoms with E-state index in [1.807, 2.05) is 6.92 Å². The molecule has 1 unspecified atom stereocenters. The van der Waals surface area contributed by atoms with Crippen molar-refractivity contribution in [3.05, 3.63) is 21.3 Å². The molecule has 7 nitrogen and oxygen atoms in total. The van der Waals surface area contributed by atoms with Gasteiger partial charge in [0.2, 0.25) is 0 Å². The maximum atomic E-state index is 10.5. The molecule has 0 saturated carbocycles. The van der Waals surface area contributed by atoms with Crippen LogP contribution in [-0.4, -0.2) is 39.1 Å².